The van der Waals surface area contributed by atoms with Gasteiger partial charge in [-0.05, 0) is 71.2 Å². The molecule has 1 aliphatic carbocycles. The van der Waals surface area contributed by atoms with Crippen LogP contribution in [0.15, 0.2) is 42.5 Å². The highest BCUT2D eigenvalue weighted by Gasteiger charge is 2.37. The summed E-state index contributed by atoms with van der Waals surface area (Å²) in [6.45, 7) is 12.9. The van der Waals surface area contributed by atoms with Crippen LogP contribution in [0, 0.1) is 0 Å². The minimum absolute atomic E-state index is 0.0381. The van der Waals surface area contributed by atoms with Crippen molar-refractivity contribution in [1.82, 2.24) is 0 Å². The maximum Gasteiger partial charge on any atom is 0.343 e. The van der Waals surface area contributed by atoms with Crippen molar-refractivity contribution < 1.29 is 19.4 Å². The number of carboxylic acids is 1. The van der Waals surface area contributed by atoms with E-state index in [1.165, 1.54) is 35.4 Å². The monoisotopic (exact) mass is 382 g/mol. The third-order valence-electron chi connectivity index (χ3n) is 5.40. The molecule has 1 aliphatic rings. The van der Waals surface area contributed by atoms with E-state index in [9.17, 15) is 9.59 Å². The van der Waals surface area contributed by atoms with Gasteiger partial charge in [-0.3, -0.25) is 0 Å². The summed E-state index contributed by atoms with van der Waals surface area (Å²) in [6.07, 6.45) is 2.21. The van der Waals surface area contributed by atoms with Gasteiger partial charge in [-0.25, -0.2) is 9.59 Å². The number of hydrogen-bond acceptors (Lipinski definition) is 3. The van der Waals surface area contributed by atoms with E-state index in [1.807, 2.05) is 26.0 Å². The highest BCUT2D eigenvalue weighted by atomic mass is 16.5. The van der Waals surface area contributed by atoms with E-state index < -0.39 is 11.9 Å². The van der Waals surface area contributed by atoms with Crippen molar-refractivity contribution >= 4 is 11.9 Å². The minimum atomic E-state index is -1.02. The minimum Gasteiger partial charge on any atom is -0.478 e. The number of rotatable bonds is 3. The molecular formula is C24H30O4. The number of carbonyl (C=O) groups is 2. The Labute approximate surface area is 167 Å². The summed E-state index contributed by atoms with van der Waals surface area (Å²) in [4.78, 5) is 23.3. The van der Waals surface area contributed by atoms with Gasteiger partial charge in [-0.15, -0.1) is 0 Å². The van der Waals surface area contributed by atoms with Gasteiger partial charge in [0.2, 0.25) is 0 Å². The van der Waals surface area contributed by atoms with Crippen LogP contribution in [0.1, 0.15) is 86.2 Å². The normalized spacial score (nSPS) is 16.2. The molecule has 4 heteroatoms. The predicted octanol–water partition coefficient (Wildman–Crippen LogP) is 5.98. The molecule has 0 atom stereocenters. The number of hydrogen-bond donors (Lipinski definition) is 1. The zero-order valence-corrected chi connectivity index (χ0v) is 17.6. The van der Waals surface area contributed by atoms with Crippen molar-refractivity contribution in [1.29, 1.82) is 0 Å². The highest BCUT2D eigenvalue weighted by Crippen LogP contribution is 2.46. The molecule has 0 amide bonds. The first-order valence-electron chi connectivity index (χ1n) is 9.81. The molecule has 1 N–H and O–H groups in total. The molecule has 0 aromatic heterocycles. The van der Waals surface area contributed by atoms with Gasteiger partial charge in [0.25, 0.3) is 0 Å². The summed E-state index contributed by atoms with van der Waals surface area (Å²) in [7, 11) is 0. The molecule has 0 fully saturated rings. The second-order valence-electron chi connectivity index (χ2n) is 8.25. The Kier molecular flexibility index (Phi) is 6.33. The Bertz CT molecular complexity index is 861. The molecule has 150 valence electrons. The number of fused-ring (bicyclic) bond motifs is 1. The smallest absolute Gasteiger partial charge is 0.343 e. The quantitative estimate of drug-likeness (QED) is 0.524. The van der Waals surface area contributed by atoms with Crippen LogP contribution >= 0.6 is 0 Å². The van der Waals surface area contributed by atoms with Gasteiger partial charge in [-0.2, -0.15) is 0 Å². The lowest BCUT2D eigenvalue weighted by Crippen LogP contribution is -2.33. The van der Waals surface area contributed by atoms with Crippen LogP contribution in [0.2, 0.25) is 0 Å². The molecule has 28 heavy (non-hydrogen) atoms. The summed E-state index contributed by atoms with van der Waals surface area (Å²) in [5.41, 5.74) is 3.14. The Morgan fingerprint density at radius 3 is 1.86 bits per heavy atom. The molecule has 0 unspecified atom stereocenters. The molecule has 0 heterocycles. The van der Waals surface area contributed by atoms with Gasteiger partial charge >= 0.3 is 11.9 Å². The summed E-state index contributed by atoms with van der Waals surface area (Å²) >= 11 is 0. The first-order chi connectivity index (χ1) is 13.1. The number of carbonyl (C=O) groups excluding carboxylic acids is 1. The van der Waals surface area contributed by atoms with Crippen LogP contribution in [0.25, 0.3) is 0 Å². The zero-order valence-electron chi connectivity index (χ0n) is 17.6. The Morgan fingerprint density at radius 1 is 0.821 bits per heavy atom. The van der Waals surface area contributed by atoms with Crippen molar-refractivity contribution in [3.63, 3.8) is 0 Å². The molecule has 4 nitrogen and oxygen atoms in total. The van der Waals surface area contributed by atoms with Crippen LogP contribution in [-0.2, 0) is 10.8 Å². The van der Waals surface area contributed by atoms with Crippen LogP contribution in [0.5, 0.6) is 5.75 Å². The van der Waals surface area contributed by atoms with Crippen molar-refractivity contribution in [3.05, 3.63) is 64.7 Å². The summed E-state index contributed by atoms with van der Waals surface area (Å²) in [5.74, 6) is -0.999. The highest BCUT2D eigenvalue weighted by molar-refractivity contribution is 5.93. The average molecular weight is 383 g/mol. The third kappa shape index (κ3) is 4.44. The summed E-state index contributed by atoms with van der Waals surface area (Å²) in [6, 6.07) is 11.6. The predicted molar refractivity (Wildman–Crippen MR) is 111 cm³/mol. The van der Waals surface area contributed by atoms with Crippen molar-refractivity contribution in [3.8, 4) is 5.75 Å². The number of esters is 1. The van der Waals surface area contributed by atoms with Gasteiger partial charge in [0, 0.05) is 0 Å². The lowest BCUT2D eigenvalue weighted by atomic mass is 9.63. The van der Waals surface area contributed by atoms with E-state index in [4.69, 9.17) is 9.84 Å². The zero-order chi connectivity index (χ0) is 21.1. The number of carboxylic acid groups (broad SMARTS) is 1. The van der Waals surface area contributed by atoms with Crippen molar-refractivity contribution in [2.75, 3.05) is 0 Å². The van der Waals surface area contributed by atoms with E-state index in [0.717, 1.165) is 12.8 Å². The number of benzene rings is 2. The lowest BCUT2D eigenvalue weighted by molar-refractivity contribution is 0.0691. The fourth-order valence-electron chi connectivity index (χ4n) is 3.55. The summed E-state index contributed by atoms with van der Waals surface area (Å²) < 4.78 is 5.54. The molecule has 0 spiro atoms. The Morgan fingerprint density at radius 2 is 1.32 bits per heavy atom. The lowest BCUT2D eigenvalue weighted by Gasteiger charge is -2.41. The van der Waals surface area contributed by atoms with E-state index in [1.54, 1.807) is 0 Å². The fourth-order valence-corrected chi connectivity index (χ4v) is 3.55. The molecule has 0 saturated heterocycles. The first-order valence-corrected chi connectivity index (χ1v) is 9.81. The maximum absolute atomic E-state index is 12.4. The average Bonchev–Trinajstić information content (AvgIpc) is 2.67. The van der Waals surface area contributed by atoms with E-state index in [-0.39, 0.29) is 16.4 Å². The first kappa shape index (κ1) is 21.7. The number of ether oxygens (including phenoxy) is 1. The SMILES string of the molecule is CC.CC1(C)CCC(C)(C)c2cc(OC(=O)c3ccc(C(=O)O)cc3)ccc21. The maximum atomic E-state index is 12.4. The van der Waals surface area contributed by atoms with E-state index in [0.29, 0.717) is 11.3 Å². The Balaban J connectivity index is 0.00000136. The molecule has 0 saturated carbocycles. The van der Waals surface area contributed by atoms with E-state index in [2.05, 4.69) is 33.8 Å². The summed E-state index contributed by atoms with van der Waals surface area (Å²) in [5, 5.41) is 8.94. The molecule has 2 aromatic rings. The molecule has 2 aromatic carbocycles. The van der Waals surface area contributed by atoms with Gasteiger partial charge in [0.1, 0.15) is 5.75 Å². The van der Waals surface area contributed by atoms with Gasteiger partial charge in [0.15, 0.2) is 0 Å². The molecule has 3 rings (SSSR count). The molecule has 0 bridgehead atoms. The molecule has 0 radical (unpaired) electrons. The molecular weight excluding hydrogens is 352 g/mol. The van der Waals surface area contributed by atoms with Gasteiger partial charge in [0.05, 0.1) is 11.1 Å². The second kappa shape index (κ2) is 8.17. The van der Waals surface area contributed by atoms with Crippen LogP contribution in [0.3, 0.4) is 0 Å². The fraction of sp³-hybridized carbons (Fsp3) is 0.417. The third-order valence-corrected chi connectivity index (χ3v) is 5.40. The molecule has 0 aliphatic heterocycles. The topological polar surface area (TPSA) is 63.6 Å². The van der Waals surface area contributed by atoms with Gasteiger partial charge in [-0.1, -0.05) is 47.6 Å². The van der Waals surface area contributed by atoms with Crippen molar-refractivity contribution in [2.45, 2.75) is 65.2 Å². The van der Waals surface area contributed by atoms with Crippen LogP contribution < -0.4 is 4.74 Å². The van der Waals surface area contributed by atoms with Crippen molar-refractivity contribution in [2.24, 2.45) is 0 Å². The van der Waals surface area contributed by atoms with Crippen LogP contribution in [-0.4, -0.2) is 17.0 Å². The van der Waals surface area contributed by atoms with Gasteiger partial charge < -0.3 is 9.84 Å². The largest absolute Gasteiger partial charge is 0.478 e. The van der Waals surface area contributed by atoms with Crippen LogP contribution in [0.4, 0.5) is 0 Å². The van der Waals surface area contributed by atoms with E-state index >= 15 is 0 Å². The Hall–Kier alpha value is -2.62. The second-order valence-corrected chi connectivity index (χ2v) is 8.25. The standard InChI is InChI=1S/C22H24O4.C2H6/c1-21(2)11-12-22(3,4)18-13-16(9-10-17(18)21)26-20(25)15-7-5-14(6-8-15)19(23)24;1-2/h5-10,13H,11-12H2,1-4H3,(H,23,24);1-2H3. The number of aromatic carboxylic acids is 1.